The lowest BCUT2D eigenvalue weighted by Gasteiger charge is -2.63. The molecule has 5 fully saturated rings. The van der Waals surface area contributed by atoms with Crippen molar-refractivity contribution in [1.29, 1.82) is 0 Å². The summed E-state index contributed by atoms with van der Waals surface area (Å²) in [5, 5.41) is 6.95. The van der Waals surface area contributed by atoms with Gasteiger partial charge >= 0.3 is 0 Å². The van der Waals surface area contributed by atoms with E-state index in [4.69, 9.17) is 9.73 Å². The minimum atomic E-state index is 0. The van der Waals surface area contributed by atoms with Crippen LogP contribution in [0.3, 0.4) is 0 Å². The molecule has 0 aromatic heterocycles. The molecule has 2 saturated carbocycles. The first kappa shape index (κ1) is 19.7. The number of carbonyl (C=O) groups excluding carboxylic acids is 1. The van der Waals surface area contributed by atoms with Crippen molar-refractivity contribution in [3.05, 3.63) is 0 Å². The van der Waals surface area contributed by atoms with E-state index < -0.39 is 0 Å². The molecule has 4 unspecified atom stereocenters. The number of carbonyl (C=O) groups is 1. The van der Waals surface area contributed by atoms with Gasteiger partial charge in [-0.3, -0.25) is 9.79 Å². The first-order valence-corrected chi connectivity index (χ1v) is 10.6. The number of nitrogens with zero attached hydrogens (tertiary/aromatic N) is 2. The number of fused-ring (bicyclic) bond motifs is 2. The summed E-state index contributed by atoms with van der Waals surface area (Å²) in [6.07, 6.45) is 8.58. The molecule has 6 nitrogen and oxygen atoms in total. The van der Waals surface area contributed by atoms with Crippen LogP contribution in [0.4, 0.5) is 0 Å². The van der Waals surface area contributed by atoms with E-state index in [1.165, 1.54) is 25.7 Å². The molecule has 1 amide bonds. The third-order valence-corrected chi connectivity index (χ3v) is 7.79. The molecule has 4 atom stereocenters. The summed E-state index contributed by atoms with van der Waals surface area (Å²) in [6, 6.07) is 0.523. The van der Waals surface area contributed by atoms with E-state index in [0.717, 1.165) is 51.6 Å². The summed E-state index contributed by atoms with van der Waals surface area (Å²) in [5.74, 6) is 1.95. The van der Waals surface area contributed by atoms with Crippen LogP contribution in [-0.2, 0) is 9.53 Å². The lowest BCUT2D eigenvalue weighted by atomic mass is 9.46. The molecular weight excluding hydrogens is 455 g/mol. The highest BCUT2D eigenvalue weighted by atomic mass is 127. The second kappa shape index (κ2) is 7.35. The van der Waals surface area contributed by atoms with Crippen molar-refractivity contribution >= 4 is 35.8 Å². The number of halogens is 1. The molecule has 2 aliphatic carbocycles. The maximum atomic E-state index is 11.8. The SMILES string of the molecule is CCN=C(NC1C2CCOC2C12CCC2)N1CCCC2(CNC(=O)C2)C1.I. The van der Waals surface area contributed by atoms with Crippen LogP contribution in [0.2, 0.25) is 0 Å². The van der Waals surface area contributed by atoms with Gasteiger partial charge in [0, 0.05) is 62.0 Å². The normalized spacial score (nSPS) is 39.4. The Labute approximate surface area is 179 Å². The Hall–Kier alpha value is -0.570. The number of nitrogens with one attached hydrogen (secondary N) is 2. The Morgan fingerprint density at radius 1 is 1.37 bits per heavy atom. The van der Waals surface area contributed by atoms with Crippen molar-refractivity contribution < 1.29 is 9.53 Å². The maximum Gasteiger partial charge on any atom is 0.220 e. The van der Waals surface area contributed by atoms with Gasteiger partial charge in [-0.1, -0.05) is 6.42 Å². The first-order valence-electron chi connectivity index (χ1n) is 10.6. The van der Waals surface area contributed by atoms with Crippen molar-refractivity contribution in [2.24, 2.45) is 21.7 Å². The van der Waals surface area contributed by atoms with E-state index >= 15 is 0 Å². The zero-order valence-corrected chi connectivity index (χ0v) is 18.7. The molecule has 3 saturated heterocycles. The number of ether oxygens (including phenoxy) is 1. The van der Waals surface area contributed by atoms with Crippen molar-refractivity contribution in [2.45, 2.75) is 64.0 Å². The standard InChI is InChI=1S/C20H32N4O2.HI/c1-2-21-18(24-9-4-6-19(13-24)11-15(25)22-12-19)23-16-14-5-10-26-17(14)20(16)7-3-8-20;/h14,16-17H,2-13H2,1H3,(H,21,23)(H,22,25);1H. The molecule has 2 N–H and O–H groups in total. The van der Waals surface area contributed by atoms with Gasteiger partial charge in [-0.2, -0.15) is 0 Å². The van der Waals surface area contributed by atoms with Crippen LogP contribution >= 0.6 is 24.0 Å². The average Bonchev–Trinajstić information content (AvgIpc) is 3.15. The number of amides is 1. The van der Waals surface area contributed by atoms with Gasteiger partial charge in [0.15, 0.2) is 5.96 Å². The lowest BCUT2D eigenvalue weighted by molar-refractivity contribution is -0.171. The zero-order valence-electron chi connectivity index (χ0n) is 16.3. The van der Waals surface area contributed by atoms with E-state index in [1.807, 2.05) is 0 Å². The minimum Gasteiger partial charge on any atom is -0.377 e. The van der Waals surface area contributed by atoms with Crippen LogP contribution in [0.5, 0.6) is 0 Å². The fourth-order valence-corrected chi connectivity index (χ4v) is 6.41. The largest absolute Gasteiger partial charge is 0.377 e. The van der Waals surface area contributed by atoms with E-state index in [-0.39, 0.29) is 35.3 Å². The molecule has 0 radical (unpaired) electrons. The number of rotatable bonds is 2. The predicted molar refractivity (Wildman–Crippen MR) is 115 cm³/mol. The summed E-state index contributed by atoms with van der Waals surface area (Å²) in [5.41, 5.74) is 0.479. The van der Waals surface area contributed by atoms with Gasteiger partial charge in [-0.05, 0) is 39.0 Å². The Morgan fingerprint density at radius 2 is 2.22 bits per heavy atom. The van der Waals surface area contributed by atoms with Crippen LogP contribution in [0.1, 0.15) is 51.9 Å². The van der Waals surface area contributed by atoms with E-state index in [2.05, 4.69) is 22.5 Å². The number of likely N-dealkylation sites (tertiary alicyclic amines) is 1. The number of guanidine groups is 1. The minimum absolute atomic E-state index is 0. The topological polar surface area (TPSA) is 66.0 Å². The number of hydrogen-bond acceptors (Lipinski definition) is 3. The van der Waals surface area contributed by atoms with Gasteiger partial charge in [-0.25, -0.2) is 0 Å². The van der Waals surface area contributed by atoms with Gasteiger partial charge in [-0.15, -0.1) is 24.0 Å². The third kappa shape index (κ3) is 3.07. The molecule has 152 valence electrons. The second-order valence-corrected chi connectivity index (χ2v) is 9.23. The van der Waals surface area contributed by atoms with E-state index in [1.54, 1.807) is 0 Å². The smallest absolute Gasteiger partial charge is 0.220 e. The van der Waals surface area contributed by atoms with Crippen LogP contribution in [0.25, 0.3) is 0 Å². The summed E-state index contributed by atoms with van der Waals surface area (Å²) >= 11 is 0. The van der Waals surface area contributed by atoms with Crippen LogP contribution < -0.4 is 10.6 Å². The summed E-state index contributed by atoms with van der Waals surface area (Å²) < 4.78 is 6.08. The third-order valence-electron chi connectivity index (χ3n) is 7.79. The average molecular weight is 488 g/mol. The van der Waals surface area contributed by atoms with Crippen molar-refractivity contribution in [3.8, 4) is 0 Å². The number of hydrogen-bond donors (Lipinski definition) is 2. The highest BCUT2D eigenvalue weighted by molar-refractivity contribution is 14.0. The molecule has 0 aromatic rings. The maximum absolute atomic E-state index is 11.8. The number of piperidine rings is 1. The van der Waals surface area contributed by atoms with Crippen molar-refractivity contribution in [2.75, 3.05) is 32.8 Å². The van der Waals surface area contributed by atoms with Gasteiger partial charge in [0.2, 0.25) is 5.91 Å². The summed E-state index contributed by atoms with van der Waals surface area (Å²) in [4.78, 5) is 19.1. The second-order valence-electron chi connectivity index (χ2n) is 9.23. The number of aliphatic imine (C=N–C) groups is 1. The van der Waals surface area contributed by atoms with Crippen LogP contribution in [0.15, 0.2) is 4.99 Å². The Bertz CT molecular complexity index is 623. The van der Waals surface area contributed by atoms with Gasteiger partial charge in [0.05, 0.1) is 6.10 Å². The Balaban J connectivity index is 0.00000180. The van der Waals surface area contributed by atoms with E-state index in [9.17, 15) is 4.79 Å². The van der Waals surface area contributed by atoms with Gasteiger partial charge in [0.1, 0.15) is 0 Å². The Morgan fingerprint density at radius 3 is 2.89 bits per heavy atom. The fourth-order valence-electron chi connectivity index (χ4n) is 6.41. The quantitative estimate of drug-likeness (QED) is 0.355. The molecule has 7 heteroatoms. The summed E-state index contributed by atoms with van der Waals surface area (Å²) in [7, 11) is 0. The predicted octanol–water partition coefficient (Wildman–Crippen LogP) is 2.13. The highest BCUT2D eigenvalue weighted by Crippen LogP contribution is 2.62. The molecule has 3 aliphatic heterocycles. The highest BCUT2D eigenvalue weighted by Gasteiger charge is 2.67. The zero-order chi connectivity index (χ0) is 17.8. The molecule has 3 heterocycles. The van der Waals surface area contributed by atoms with Crippen LogP contribution in [-0.4, -0.2) is 61.7 Å². The first-order chi connectivity index (χ1) is 12.7. The molecular formula is C20H33IN4O2. The monoisotopic (exact) mass is 488 g/mol. The van der Waals surface area contributed by atoms with Crippen molar-refractivity contribution in [3.63, 3.8) is 0 Å². The Kier molecular flexibility index (Phi) is 5.37. The van der Waals surface area contributed by atoms with Crippen molar-refractivity contribution in [1.82, 2.24) is 15.5 Å². The van der Waals surface area contributed by atoms with Gasteiger partial charge < -0.3 is 20.3 Å². The lowest BCUT2D eigenvalue weighted by Crippen LogP contribution is -2.73. The molecule has 27 heavy (non-hydrogen) atoms. The molecule has 0 bridgehead atoms. The van der Waals surface area contributed by atoms with E-state index in [0.29, 0.717) is 29.9 Å². The molecule has 5 rings (SSSR count). The molecule has 0 aromatic carbocycles. The summed E-state index contributed by atoms with van der Waals surface area (Å²) in [6.45, 7) is 6.66. The van der Waals surface area contributed by atoms with Gasteiger partial charge in [0.25, 0.3) is 0 Å². The van der Waals surface area contributed by atoms with Crippen LogP contribution in [0, 0.1) is 16.7 Å². The molecule has 2 spiro atoms. The fraction of sp³-hybridized carbons (Fsp3) is 0.900. The molecule has 5 aliphatic rings.